The molecule has 2 heterocycles. The van der Waals surface area contributed by atoms with E-state index in [0.29, 0.717) is 24.8 Å². The second kappa shape index (κ2) is 17.9. The molecule has 13 heteroatoms. The number of amides is 1. The molecule has 4 aromatic rings. The Hall–Kier alpha value is -5.43. The number of anilines is 1. The predicted molar refractivity (Wildman–Crippen MR) is 192 cm³/mol. The van der Waals surface area contributed by atoms with Crippen LogP contribution in [-0.4, -0.2) is 62.5 Å². The molecular weight excluding hydrogens is 683 g/mol. The van der Waals surface area contributed by atoms with Gasteiger partial charge in [0.2, 0.25) is 5.91 Å². The van der Waals surface area contributed by atoms with Crippen molar-refractivity contribution in [3.05, 3.63) is 114 Å². The Morgan fingerprint density at radius 3 is 2.08 bits per heavy atom. The van der Waals surface area contributed by atoms with Crippen LogP contribution in [0.4, 0.5) is 10.1 Å². The first kappa shape index (κ1) is 38.8. The summed E-state index contributed by atoms with van der Waals surface area (Å²) in [5.74, 6) is -2.46. The molecular formula is C40H45FN4O8. The molecule has 280 valence electrons. The SMILES string of the molecule is CC(=O)OCC(O)(CCc1ccc([C@@H]2[C@@H](CC[C@H](OC(C)=O)c3ccc(F)cc3)C(=O)N2c2ccc(CCCn3cncn3)cc2)cc1)COC(C)=O. The molecule has 1 saturated heterocycles. The van der Waals surface area contributed by atoms with E-state index in [1.807, 2.05) is 48.5 Å². The summed E-state index contributed by atoms with van der Waals surface area (Å²) >= 11 is 0. The van der Waals surface area contributed by atoms with Gasteiger partial charge in [0.05, 0.1) is 12.0 Å². The van der Waals surface area contributed by atoms with Crippen molar-refractivity contribution >= 4 is 29.5 Å². The summed E-state index contributed by atoms with van der Waals surface area (Å²) < 4.78 is 31.2. The van der Waals surface area contributed by atoms with Gasteiger partial charge in [-0.3, -0.25) is 23.9 Å². The average molecular weight is 729 g/mol. The number of nitrogens with zero attached hydrogens (tertiary/aromatic N) is 4. The van der Waals surface area contributed by atoms with Crippen LogP contribution in [0.15, 0.2) is 85.5 Å². The lowest BCUT2D eigenvalue weighted by atomic mass is 9.78. The predicted octanol–water partition coefficient (Wildman–Crippen LogP) is 5.63. The molecule has 3 atom stereocenters. The second-order valence-corrected chi connectivity index (χ2v) is 13.4. The number of aliphatic hydroxyl groups is 1. The number of rotatable bonds is 18. The molecule has 5 rings (SSSR count). The third-order valence-corrected chi connectivity index (χ3v) is 9.33. The van der Waals surface area contributed by atoms with Gasteiger partial charge in [-0.05, 0) is 85.0 Å². The van der Waals surface area contributed by atoms with E-state index in [-0.39, 0.29) is 31.6 Å². The minimum atomic E-state index is -1.57. The Kier molecular flexibility index (Phi) is 13.1. The molecule has 1 amide bonds. The molecule has 1 aliphatic heterocycles. The fourth-order valence-electron chi connectivity index (χ4n) is 6.53. The Bertz CT molecular complexity index is 1810. The molecule has 0 radical (unpaired) electrons. The largest absolute Gasteiger partial charge is 0.463 e. The highest BCUT2D eigenvalue weighted by molar-refractivity contribution is 6.03. The molecule has 12 nitrogen and oxygen atoms in total. The van der Waals surface area contributed by atoms with Gasteiger partial charge in [-0.25, -0.2) is 9.37 Å². The monoisotopic (exact) mass is 728 g/mol. The molecule has 0 saturated carbocycles. The molecule has 1 aliphatic rings. The topological polar surface area (TPSA) is 150 Å². The number of hydrogen-bond donors (Lipinski definition) is 1. The van der Waals surface area contributed by atoms with Gasteiger partial charge in [0.1, 0.15) is 43.4 Å². The van der Waals surface area contributed by atoms with Crippen molar-refractivity contribution in [2.45, 2.75) is 83.6 Å². The number of aryl methyl sites for hydroxylation is 3. The average Bonchev–Trinajstić information content (AvgIpc) is 3.66. The fraction of sp³-hybridized carbons (Fsp3) is 0.400. The van der Waals surface area contributed by atoms with Crippen molar-refractivity contribution in [2.75, 3.05) is 18.1 Å². The van der Waals surface area contributed by atoms with Gasteiger partial charge in [0.15, 0.2) is 0 Å². The summed E-state index contributed by atoms with van der Waals surface area (Å²) in [7, 11) is 0. The van der Waals surface area contributed by atoms with Crippen molar-refractivity contribution in [2.24, 2.45) is 5.92 Å². The van der Waals surface area contributed by atoms with E-state index in [2.05, 4.69) is 10.1 Å². The third kappa shape index (κ3) is 10.8. The maximum absolute atomic E-state index is 13.9. The number of halogens is 1. The van der Waals surface area contributed by atoms with Crippen LogP contribution in [0.2, 0.25) is 0 Å². The van der Waals surface area contributed by atoms with Crippen LogP contribution in [0.1, 0.15) is 80.9 Å². The summed E-state index contributed by atoms with van der Waals surface area (Å²) in [6, 6.07) is 21.2. The number of hydrogen-bond acceptors (Lipinski definition) is 10. The number of carbonyl (C=O) groups is 4. The van der Waals surface area contributed by atoms with Crippen molar-refractivity contribution in [3.8, 4) is 0 Å². The number of β-lactam (4-membered cyclic amide) rings is 1. The highest BCUT2D eigenvalue weighted by Crippen LogP contribution is 2.46. The first-order chi connectivity index (χ1) is 25.4. The molecule has 53 heavy (non-hydrogen) atoms. The standard InChI is InChI=1S/C40H45FN4O8/c1-27(46)51-23-40(50,24-52-28(2)47)21-20-31-6-10-33(11-7-31)38-36(18-19-37(53-29(3)48)32-12-14-34(41)15-13-32)39(49)45(38)35-16-8-30(9-17-35)5-4-22-44-26-42-25-43-44/h6-17,25-26,36-38,50H,4-5,18-24H2,1-3H3/t36-,37+,38-/m1/s1. The maximum Gasteiger partial charge on any atom is 0.303 e. The van der Waals surface area contributed by atoms with Crippen LogP contribution in [0.25, 0.3) is 0 Å². The van der Waals surface area contributed by atoms with E-state index in [9.17, 15) is 28.7 Å². The Morgan fingerprint density at radius 2 is 1.49 bits per heavy atom. The molecule has 3 aromatic carbocycles. The summed E-state index contributed by atoms with van der Waals surface area (Å²) in [6.45, 7) is 3.91. The minimum absolute atomic E-state index is 0.0558. The highest BCUT2D eigenvalue weighted by atomic mass is 19.1. The Morgan fingerprint density at radius 1 is 0.868 bits per heavy atom. The van der Waals surface area contributed by atoms with Gasteiger partial charge >= 0.3 is 17.9 Å². The molecule has 1 aromatic heterocycles. The molecule has 0 bridgehead atoms. The highest BCUT2D eigenvalue weighted by Gasteiger charge is 2.48. The molecule has 0 aliphatic carbocycles. The van der Waals surface area contributed by atoms with Crippen molar-refractivity contribution < 1.29 is 42.9 Å². The first-order valence-corrected chi connectivity index (χ1v) is 17.7. The normalized spacial score (nSPS) is 16.1. The van der Waals surface area contributed by atoms with E-state index in [0.717, 1.165) is 41.8 Å². The van der Waals surface area contributed by atoms with Gasteiger partial charge < -0.3 is 24.2 Å². The third-order valence-electron chi connectivity index (χ3n) is 9.33. The quantitative estimate of drug-likeness (QED) is 0.0776. The molecule has 1 N–H and O–H groups in total. The lowest BCUT2D eigenvalue weighted by Gasteiger charge is -2.48. The lowest BCUT2D eigenvalue weighted by molar-refractivity contribution is -0.161. The van der Waals surface area contributed by atoms with Crippen LogP contribution in [-0.2, 0) is 52.8 Å². The van der Waals surface area contributed by atoms with Crippen molar-refractivity contribution in [3.63, 3.8) is 0 Å². The number of carbonyl (C=O) groups excluding carboxylic acids is 4. The van der Waals surface area contributed by atoms with Gasteiger partial charge in [-0.15, -0.1) is 0 Å². The van der Waals surface area contributed by atoms with E-state index in [1.165, 1.54) is 39.2 Å². The maximum atomic E-state index is 13.9. The first-order valence-electron chi connectivity index (χ1n) is 17.7. The van der Waals surface area contributed by atoms with Gasteiger partial charge in [-0.1, -0.05) is 48.5 Å². The molecule has 0 unspecified atom stereocenters. The summed E-state index contributed by atoms with van der Waals surface area (Å²) in [5.41, 5.74) is 2.75. The van der Waals surface area contributed by atoms with E-state index >= 15 is 0 Å². The summed E-state index contributed by atoms with van der Waals surface area (Å²) in [6.07, 6.45) is 5.60. The Labute approximate surface area is 307 Å². The van der Waals surface area contributed by atoms with Crippen LogP contribution >= 0.6 is 0 Å². The van der Waals surface area contributed by atoms with Crippen molar-refractivity contribution in [1.29, 1.82) is 0 Å². The van der Waals surface area contributed by atoms with Crippen LogP contribution in [0.3, 0.4) is 0 Å². The number of aromatic nitrogens is 3. The molecule has 1 fully saturated rings. The van der Waals surface area contributed by atoms with Crippen LogP contribution in [0.5, 0.6) is 0 Å². The number of benzene rings is 3. The second-order valence-electron chi connectivity index (χ2n) is 13.4. The van der Waals surface area contributed by atoms with Crippen molar-refractivity contribution in [1.82, 2.24) is 14.8 Å². The fourth-order valence-corrected chi connectivity index (χ4v) is 6.53. The van der Waals surface area contributed by atoms with Gasteiger partial charge in [0, 0.05) is 33.0 Å². The number of esters is 3. The number of ether oxygens (including phenoxy) is 3. The Balaban J connectivity index is 1.33. The van der Waals surface area contributed by atoms with Crippen LogP contribution in [0, 0.1) is 11.7 Å². The smallest absolute Gasteiger partial charge is 0.303 e. The summed E-state index contributed by atoms with van der Waals surface area (Å²) in [5, 5.41) is 15.2. The minimum Gasteiger partial charge on any atom is -0.463 e. The van der Waals surface area contributed by atoms with Gasteiger partial charge in [-0.2, -0.15) is 5.10 Å². The van der Waals surface area contributed by atoms with E-state index in [4.69, 9.17) is 14.2 Å². The summed E-state index contributed by atoms with van der Waals surface area (Å²) in [4.78, 5) is 54.5. The zero-order valence-corrected chi connectivity index (χ0v) is 30.2. The molecule has 0 spiro atoms. The van der Waals surface area contributed by atoms with E-state index in [1.54, 1.807) is 28.0 Å². The van der Waals surface area contributed by atoms with Gasteiger partial charge in [0.25, 0.3) is 0 Å². The van der Waals surface area contributed by atoms with Crippen LogP contribution < -0.4 is 4.90 Å². The zero-order chi connectivity index (χ0) is 38.0. The van der Waals surface area contributed by atoms with E-state index < -0.39 is 41.3 Å². The zero-order valence-electron chi connectivity index (χ0n) is 30.2. The lowest BCUT2D eigenvalue weighted by Crippen LogP contribution is -2.55.